The van der Waals surface area contributed by atoms with Crippen molar-refractivity contribution >= 4 is 57.3 Å². The molecule has 5 aromatic rings. The van der Waals surface area contributed by atoms with E-state index >= 15 is 8.78 Å². The number of nitrogens with zero attached hydrogens (tertiary/aromatic N) is 8. The Labute approximate surface area is 459 Å². The minimum absolute atomic E-state index is 0.0143. The smallest absolute Gasteiger partial charge is 0.319 e. The van der Waals surface area contributed by atoms with Crippen molar-refractivity contribution in [2.24, 2.45) is 11.8 Å². The van der Waals surface area contributed by atoms with E-state index in [1.165, 1.54) is 12.1 Å². The first-order valence-electron chi connectivity index (χ1n) is 28.6. The number of aromatic nitrogens is 3. The third kappa shape index (κ3) is 10.7. The van der Waals surface area contributed by atoms with Crippen LogP contribution < -0.4 is 19.9 Å². The Morgan fingerprint density at radius 2 is 1.57 bits per heavy atom. The lowest BCUT2D eigenvalue weighted by molar-refractivity contribution is -0.137. The minimum atomic E-state index is -0.624. The molecule has 6 fully saturated rings. The van der Waals surface area contributed by atoms with Crippen LogP contribution in [0.2, 0.25) is 0 Å². The van der Waals surface area contributed by atoms with Crippen molar-refractivity contribution in [3.05, 3.63) is 76.5 Å². The fourth-order valence-electron chi connectivity index (χ4n) is 14.1. The number of anilines is 2. The average molecular weight is 1090 g/mol. The Kier molecular flexibility index (Phi) is 16.0. The SMILES string of the molecule is CCc1c(F)ccc2cc(O)cc(-c3nc4c5c(nc(OCC67CCCN6CCC7)nc5c3F)N3CCCOCC3CC4)c12.COC.O=CN1CCC(C2CCN(c3ccc4c(c3)CN(C3CCC(=O)NC3=O)C4=O)CC2)CC1. The first-order valence-corrected chi connectivity index (χ1v) is 28.6. The van der Waals surface area contributed by atoms with Gasteiger partial charge in [0.25, 0.3) is 5.91 Å². The van der Waals surface area contributed by atoms with E-state index in [1.54, 1.807) is 31.3 Å². The molecule has 0 saturated carbocycles. The van der Waals surface area contributed by atoms with Crippen LogP contribution in [0.4, 0.5) is 20.3 Å². The number of amides is 4. The molecule has 0 bridgehead atoms. The van der Waals surface area contributed by atoms with Gasteiger partial charge >= 0.3 is 6.01 Å². The van der Waals surface area contributed by atoms with Gasteiger partial charge in [0, 0.05) is 83.3 Å². The number of ether oxygens (including phenoxy) is 3. The second kappa shape index (κ2) is 23.3. The van der Waals surface area contributed by atoms with Crippen LogP contribution in [0.1, 0.15) is 111 Å². The number of carbonyl (C=O) groups excluding carboxylic acids is 4. The number of hydrogen-bond acceptors (Lipinski definition) is 14. The summed E-state index contributed by atoms with van der Waals surface area (Å²) in [6.45, 7) is 10.6. The van der Waals surface area contributed by atoms with Gasteiger partial charge in [-0.25, -0.2) is 13.8 Å². The van der Waals surface area contributed by atoms with Crippen LogP contribution in [-0.4, -0.2) is 156 Å². The molecule has 0 aliphatic carbocycles. The maximum Gasteiger partial charge on any atom is 0.319 e. The molecular weight excluding hydrogens is 1010 g/mol. The predicted molar refractivity (Wildman–Crippen MR) is 295 cm³/mol. The first kappa shape index (κ1) is 54.4. The van der Waals surface area contributed by atoms with Gasteiger partial charge in [0.05, 0.1) is 29.3 Å². The van der Waals surface area contributed by atoms with Gasteiger partial charge in [0.2, 0.25) is 18.2 Å². The summed E-state index contributed by atoms with van der Waals surface area (Å²) in [5.74, 6) is 0.281. The van der Waals surface area contributed by atoms with E-state index in [9.17, 15) is 24.3 Å². The molecule has 8 aliphatic heterocycles. The predicted octanol–water partition coefficient (Wildman–Crippen LogP) is 7.73. The Morgan fingerprint density at radius 1 is 0.823 bits per heavy atom. The molecule has 6 saturated heterocycles. The van der Waals surface area contributed by atoms with E-state index in [-0.39, 0.29) is 64.5 Å². The Morgan fingerprint density at radius 3 is 2.29 bits per heavy atom. The van der Waals surface area contributed by atoms with E-state index in [2.05, 4.69) is 30.8 Å². The first-order chi connectivity index (χ1) is 38.4. The van der Waals surface area contributed by atoms with Crippen LogP contribution in [0.25, 0.3) is 32.9 Å². The van der Waals surface area contributed by atoms with Crippen LogP contribution in [0.3, 0.4) is 0 Å². The summed E-state index contributed by atoms with van der Waals surface area (Å²) in [5, 5.41) is 14.8. The van der Waals surface area contributed by atoms with Crippen molar-refractivity contribution in [3.8, 4) is 23.0 Å². The molecular formula is C60H73F2N9O8. The second-order valence-corrected chi connectivity index (χ2v) is 22.7. The zero-order chi connectivity index (χ0) is 55.0. The van der Waals surface area contributed by atoms with Crippen LogP contribution in [0.5, 0.6) is 11.8 Å². The zero-order valence-electron chi connectivity index (χ0n) is 45.7. The maximum absolute atomic E-state index is 17.0. The number of carbonyl (C=O) groups is 4. The third-order valence-electron chi connectivity index (χ3n) is 18.1. The van der Waals surface area contributed by atoms with Crippen molar-refractivity contribution in [3.63, 3.8) is 0 Å². The number of nitrogens with one attached hydrogen (secondary N) is 1. The average Bonchev–Trinajstić information content (AvgIpc) is 4.23. The fraction of sp³-hybridized carbons (Fsp3) is 0.550. The lowest BCUT2D eigenvalue weighted by Crippen LogP contribution is -2.52. The monoisotopic (exact) mass is 1090 g/mol. The Hall–Kier alpha value is -6.57. The molecule has 19 heteroatoms. The summed E-state index contributed by atoms with van der Waals surface area (Å²) in [6, 6.07) is 11.7. The van der Waals surface area contributed by atoms with Crippen LogP contribution >= 0.6 is 0 Å². The Bertz CT molecular complexity index is 3120. The highest BCUT2D eigenvalue weighted by molar-refractivity contribution is 6.06. The third-order valence-corrected chi connectivity index (χ3v) is 18.1. The van der Waals surface area contributed by atoms with Crippen molar-refractivity contribution in [2.75, 3.05) is 89.7 Å². The summed E-state index contributed by atoms with van der Waals surface area (Å²) in [4.78, 5) is 72.8. The fourth-order valence-corrected chi connectivity index (χ4v) is 14.1. The van der Waals surface area contributed by atoms with Gasteiger partial charge in [-0.15, -0.1) is 0 Å². The number of rotatable bonds is 9. The topological polar surface area (TPSA) is 183 Å². The molecule has 2 atom stereocenters. The van der Waals surface area contributed by atoms with Crippen molar-refractivity contribution in [1.82, 2.24) is 35.0 Å². The number of benzene rings is 3. The standard InChI is InChI=1S/C34H37F2N5O3.C24H30N4O4.C2H6O/c1-2-23-25(35)8-6-20-16-22(42)17-24(27(20)23)30-29(36)31-28-26(37-30)9-7-21-18-43-15-5-14-41(21)32(28)39-33(38-31)44-19-34-10-3-12-40(34)13-4-11-34;29-15-26-9-5-16(6-10-26)17-7-11-27(12-8-17)19-1-2-20-18(13-19)14-28(24(20)32)21-3-4-22(30)25-23(21)31;1-3-2/h6,8,16-17,21,42H,2-5,7,9-15,18-19H2,1H3;1-2,13,15-17,21H,3-12,14H2,(H,25,30,31);1-2H3. The maximum atomic E-state index is 17.0. The molecule has 4 amide bonds. The van der Waals surface area contributed by atoms with Crippen molar-refractivity contribution in [2.45, 2.75) is 121 Å². The number of imide groups is 1. The van der Waals surface area contributed by atoms with Gasteiger partial charge in [-0.3, -0.25) is 29.4 Å². The number of aryl methyl sites for hydroxylation is 2. The van der Waals surface area contributed by atoms with Gasteiger partial charge in [-0.2, -0.15) is 9.97 Å². The number of hydrogen-bond donors (Lipinski definition) is 2. The number of halogens is 2. The lowest BCUT2D eigenvalue weighted by atomic mass is 9.79. The molecule has 3 aromatic carbocycles. The van der Waals surface area contributed by atoms with Gasteiger partial charge in [0.1, 0.15) is 41.2 Å². The number of methoxy groups -OCH3 is 1. The molecule has 8 aliphatic rings. The normalized spacial score (nSPS) is 22.3. The van der Waals surface area contributed by atoms with Crippen molar-refractivity contribution < 1.29 is 47.3 Å². The Balaban J connectivity index is 0.000000167. The molecule has 17 nitrogen and oxygen atoms in total. The summed E-state index contributed by atoms with van der Waals surface area (Å²) in [7, 11) is 3.25. The largest absolute Gasteiger partial charge is 0.508 e. The molecule has 2 aromatic heterocycles. The molecule has 13 rings (SSSR count). The number of piperidine rings is 3. The van der Waals surface area contributed by atoms with E-state index in [1.807, 2.05) is 24.0 Å². The zero-order valence-corrected chi connectivity index (χ0v) is 45.7. The summed E-state index contributed by atoms with van der Waals surface area (Å²) >= 11 is 0. The van der Waals surface area contributed by atoms with Gasteiger partial charge in [-0.05, 0) is 167 Å². The number of pyridine rings is 1. The van der Waals surface area contributed by atoms with Gasteiger partial charge < -0.3 is 38.9 Å². The number of phenolic OH excluding ortho intramolecular Hbond substituents is 1. The van der Waals surface area contributed by atoms with E-state index in [4.69, 9.17) is 24.4 Å². The molecule has 420 valence electrons. The van der Waals surface area contributed by atoms with Gasteiger partial charge in [-0.1, -0.05) is 13.0 Å². The van der Waals surface area contributed by atoms with Crippen LogP contribution in [0.15, 0.2) is 42.5 Å². The summed E-state index contributed by atoms with van der Waals surface area (Å²) < 4.78 is 48.7. The highest BCUT2D eigenvalue weighted by Gasteiger charge is 2.46. The van der Waals surface area contributed by atoms with E-state index < -0.39 is 11.9 Å². The van der Waals surface area contributed by atoms with Crippen LogP contribution in [0, 0.1) is 23.5 Å². The minimum Gasteiger partial charge on any atom is -0.508 e. The lowest BCUT2D eigenvalue weighted by Gasteiger charge is -2.40. The highest BCUT2D eigenvalue weighted by atomic mass is 19.1. The molecule has 0 radical (unpaired) electrons. The molecule has 2 unspecified atom stereocenters. The van der Waals surface area contributed by atoms with E-state index in [0.29, 0.717) is 95.9 Å². The molecule has 10 heterocycles. The summed E-state index contributed by atoms with van der Waals surface area (Å²) in [5.41, 5.74) is 4.44. The number of aromatic hydroxyl groups is 1. The van der Waals surface area contributed by atoms with Gasteiger partial charge in [0.15, 0.2) is 5.82 Å². The van der Waals surface area contributed by atoms with E-state index in [0.717, 1.165) is 134 Å². The number of phenols is 1. The van der Waals surface area contributed by atoms with Crippen molar-refractivity contribution in [1.29, 1.82) is 0 Å². The number of fused-ring (bicyclic) bond motifs is 5. The molecule has 2 N–H and O–H groups in total. The molecule has 0 spiro atoms. The van der Waals surface area contributed by atoms with Crippen LogP contribution in [-0.2, 0) is 43.2 Å². The number of likely N-dealkylation sites (tertiary alicyclic amines) is 1. The second-order valence-electron chi connectivity index (χ2n) is 22.7. The quantitative estimate of drug-likeness (QED) is 0.108. The molecule has 79 heavy (non-hydrogen) atoms. The highest BCUT2D eigenvalue weighted by Crippen LogP contribution is 2.44. The summed E-state index contributed by atoms with van der Waals surface area (Å²) in [6.07, 6.45) is 13.2.